The van der Waals surface area contributed by atoms with Gasteiger partial charge in [-0.1, -0.05) is 36.4 Å². The molecule has 0 unspecified atom stereocenters. The molecular formula is C20H24N4O2. The van der Waals surface area contributed by atoms with Crippen molar-refractivity contribution in [3.05, 3.63) is 59.8 Å². The number of aliphatic imine (C=N–C) groups is 1. The van der Waals surface area contributed by atoms with E-state index in [1.165, 1.54) is 5.39 Å². The van der Waals surface area contributed by atoms with Crippen molar-refractivity contribution in [2.24, 2.45) is 4.99 Å². The predicted molar refractivity (Wildman–Crippen MR) is 104 cm³/mol. The highest BCUT2D eigenvalue weighted by Gasteiger charge is 2.06. The maximum atomic E-state index is 5.92. The molecule has 0 aliphatic heterocycles. The monoisotopic (exact) mass is 352 g/mol. The van der Waals surface area contributed by atoms with Crippen LogP contribution in [0.2, 0.25) is 0 Å². The van der Waals surface area contributed by atoms with Crippen LogP contribution in [-0.2, 0) is 6.54 Å². The number of hydrogen-bond donors (Lipinski definition) is 2. The number of oxazole rings is 1. The zero-order valence-electron chi connectivity index (χ0n) is 15.4. The Labute approximate surface area is 153 Å². The molecule has 0 bridgehead atoms. The normalized spacial score (nSPS) is 11.6. The lowest BCUT2D eigenvalue weighted by Crippen LogP contribution is -2.38. The molecule has 1 aromatic heterocycles. The Bertz CT molecular complexity index is 877. The van der Waals surface area contributed by atoms with Crippen LogP contribution in [0.1, 0.15) is 17.3 Å². The Morgan fingerprint density at radius 2 is 1.92 bits per heavy atom. The molecule has 26 heavy (non-hydrogen) atoms. The zero-order chi connectivity index (χ0) is 18.4. The van der Waals surface area contributed by atoms with Crippen molar-refractivity contribution in [3.8, 4) is 5.75 Å². The smallest absolute Gasteiger partial charge is 0.214 e. The van der Waals surface area contributed by atoms with E-state index in [-0.39, 0.29) is 0 Å². The maximum absolute atomic E-state index is 5.92. The van der Waals surface area contributed by atoms with Crippen molar-refractivity contribution in [2.45, 2.75) is 20.4 Å². The standard InChI is InChI=1S/C20H24N4O2/c1-14-15(2)26-19(24-14)13-23-20(21-3)22-11-12-25-18-10-6-8-16-7-4-5-9-17(16)18/h4-10H,11-13H2,1-3H3,(H2,21,22,23). The molecule has 6 nitrogen and oxygen atoms in total. The molecule has 0 radical (unpaired) electrons. The fourth-order valence-corrected chi connectivity index (χ4v) is 2.65. The fraction of sp³-hybridized carbons (Fsp3) is 0.300. The molecule has 0 aliphatic carbocycles. The third-order valence-electron chi connectivity index (χ3n) is 4.11. The Morgan fingerprint density at radius 3 is 2.69 bits per heavy atom. The van der Waals surface area contributed by atoms with Gasteiger partial charge in [0.05, 0.1) is 18.8 Å². The van der Waals surface area contributed by atoms with Crippen LogP contribution in [0.15, 0.2) is 51.9 Å². The van der Waals surface area contributed by atoms with Gasteiger partial charge in [-0.3, -0.25) is 4.99 Å². The largest absolute Gasteiger partial charge is 0.491 e. The lowest BCUT2D eigenvalue weighted by molar-refractivity contribution is 0.325. The van der Waals surface area contributed by atoms with Gasteiger partial charge >= 0.3 is 0 Å². The summed E-state index contributed by atoms with van der Waals surface area (Å²) >= 11 is 0. The van der Waals surface area contributed by atoms with Gasteiger partial charge < -0.3 is 19.8 Å². The highest BCUT2D eigenvalue weighted by atomic mass is 16.5. The van der Waals surface area contributed by atoms with Crippen LogP contribution in [0.3, 0.4) is 0 Å². The topological polar surface area (TPSA) is 71.7 Å². The van der Waals surface area contributed by atoms with Crippen molar-refractivity contribution in [1.29, 1.82) is 0 Å². The number of rotatable bonds is 6. The lowest BCUT2D eigenvalue weighted by atomic mass is 10.1. The zero-order valence-corrected chi connectivity index (χ0v) is 15.4. The minimum absolute atomic E-state index is 0.485. The molecule has 0 saturated carbocycles. The molecule has 2 N–H and O–H groups in total. The average Bonchev–Trinajstić information content (AvgIpc) is 2.99. The summed E-state index contributed by atoms with van der Waals surface area (Å²) in [6.45, 7) is 5.49. The number of benzene rings is 2. The molecule has 6 heteroatoms. The number of nitrogens with one attached hydrogen (secondary N) is 2. The van der Waals surface area contributed by atoms with E-state index < -0.39 is 0 Å². The molecule has 0 saturated heterocycles. The second kappa shape index (κ2) is 8.38. The molecule has 3 rings (SSSR count). The fourth-order valence-electron chi connectivity index (χ4n) is 2.65. The van der Waals surface area contributed by atoms with Gasteiger partial charge in [-0.2, -0.15) is 0 Å². The molecule has 1 heterocycles. The first-order valence-corrected chi connectivity index (χ1v) is 8.65. The quantitative estimate of drug-likeness (QED) is 0.405. The number of ether oxygens (including phenoxy) is 1. The first-order valence-electron chi connectivity index (χ1n) is 8.65. The maximum Gasteiger partial charge on any atom is 0.214 e. The van der Waals surface area contributed by atoms with Crippen LogP contribution in [0.5, 0.6) is 5.75 Å². The number of guanidine groups is 1. The van der Waals surface area contributed by atoms with Crippen LogP contribution in [0.25, 0.3) is 10.8 Å². The minimum Gasteiger partial charge on any atom is -0.491 e. The first kappa shape index (κ1) is 17.8. The summed E-state index contributed by atoms with van der Waals surface area (Å²) in [6.07, 6.45) is 0. The molecule has 136 valence electrons. The Hall–Kier alpha value is -3.02. The predicted octanol–water partition coefficient (Wildman–Crippen LogP) is 3.19. The molecule has 3 aromatic rings. The summed E-state index contributed by atoms with van der Waals surface area (Å²) < 4.78 is 11.5. The summed E-state index contributed by atoms with van der Waals surface area (Å²) in [5.41, 5.74) is 0.910. The summed E-state index contributed by atoms with van der Waals surface area (Å²) in [4.78, 5) is 8.54. The molecule has 0 fully saturated rings. The van der Waals surface area contributed by atoms with Gasteiger partial charge in [0.25, 0.3) is 0 Å². The van der Waals surface area contributed by atoms with Crippen molar-refractivity contribution in [2.75, 3.05) is 20.2 Å². The molecule has 0 amide bonds. The average molecular weight is 352 g/mol. The van der Waals surface area contributed by atoms with Crippen molar-refractivity contribution in [3.63, 3.8) is 0 Å². The van der Waals surface area contributed by atoms with Crippen LogP contribution in [-0.4, -0.2) is 31.1 Å². The first-order chi connectivity index (χ1) is 12.7. The van der Waals surface area contributed by atoms with Crippen molar-refractivity contribution < 1.29 is 9.15 Å². The second-order valence-electron chi connectivity index (χ2n) is 5.93. The summed E-state index contributed by atoms with van der Waals surface area (Å²) in [5, 5.41) is 8.70. The van der Waals surface area contributed by atoms with E-state index in [1.54, 1.807) is 7.05 Å². The molecule has 2 aromatic carbocycles. The van der Waals surface area contributed by atoms with E-state index in [1.807, 2.05) is 38.1 Å². The number of nitrogens with zero attached hydrogens (tertiary/aromatic N) is 2. The van der Waals surface area contributed by atoms with Crippen molar-refractivity contribution >= 4 is 16.7 Å². The van der Waals surface area contributed by atoms with Crippen molar-refractivity contribution in [1.82, 2.24) is 15.6 Å². The van der Waals surface area contributed by atoms with E-state index in [9.17, 15) is 0 Å². The third kappa shape index (κ3) is 4.33. The Balaban J connectivity index is 1.47. The van der Waals surface area contributed by atoms with E-state index >= 15 is 0 Å². The number of aryl methyl sites for hydroxylation is 2. The van der Waals surface area contributed by atoms with Gasteiger partial charge in [0, 0.05) is 12.4 Å². The minimum atomic E-state index is 0.485. The molecule has 0 atom stereocenters. The lowest BCUT2D eigenvalue weighted by Gasteiger charge is -2.12. The summed E-state index contributed by atoms with van der Waals surface area (Å²) in [6, 6.07) is 14.3. The number of hydrogen-bond acceptors (Lipinski definition) is 4. The van der Waals surface area contributed by atoms with Crippen LogP contribution in [0.4, 0.5) is 0 Å². The summed E-state index contributed by atoms with van der Waals surface area (Å²) in [5.74, 6) is 3.06. The van der Waals surface area contributed by atoms with E-state index in [2.05, 4.69) is 38.8 Å². The van der Waals surface area contributed by atoms with E-state index in [0.717, 1.165) is 22.6 Å². The van der Waals surface area contributed by atoms with Gasteiger partial charge in [-0.05, 0) is 25.3 Å². The van der Waals surface area contributed by atoms with E-state index in [0.29, 0.717) is 31.5 Å². The SMILES string of the molecule is CN=C(NCCOc1cccc2ccccc12)NCc1nc(C)c(C)o1. The van der Waals surface area contributed by atoms with Gasteiger partial charge in [-0.15, -0.1) is 0 Å². The van der Waals surface area contributed by atoms with E-state index in [4.69, 9.17) is 9.15 Å². The van der Waals surface area contributed by atoms with Gasteiger partial charge in [0.2, 0.25) is 5.89 Å². The Kier molecular flexibility index (Phi) is 5.73. The van der Waals surface area contributed by atoms with Gasteiger partial charge in [0.15, 0.2) is 5.96 Å². The van der Waals surface area contributed by atoms with Crippen LogP contribution >= 0.6 is 0 Å². The van der Waals surface area contributed by atoms with Gasteiger partial charge in [0.1, 0.15) is 18.1 Å². The highest BCUT2D eigenvalue weighted by molar-refractivity contribution is 5.88. The van der Waals surface area contributed by atoms with Crippen LogP contribution < -0.4 is 15.4 Å². The number of aromatic nitrogens is 1. The second-order valence-corrected chi connectivity index (χ2v) is 5.93. The summed E-state index contributed by atoms with van der Waals surface area (Å²) in [7, 11) is 1.73. The Morgan fingerprint density at radius 1 is 1.12 bits per heavy atom. The van der Waals surface area contributed by atoms with Crippen LogP contribution in [0, 0.1) is 13.8 Å². The molecule has 0 spiro atoms. The number of fused-ring (bicyclic) bond motifs is 1. The highest BCUT2D eigenvalue weighted by Crippen LogP contribution is 2.24. The molecular weight excluding hydrogens is 328 g/mol. The third-order valence-corrected chi connectivity index (χ3v) is 4.11. The van der Waals surface area contributed by atoms with Gasteiger partial charge in [-0.25, -0.2) is 4.98 Å². The molecule has 0 aliphatic rings.